The Morgan fingerprint density at radius 3 is 1.71 bits per heavy atom. The number of hydrogen-bond donors (Lipinski definition) is 0. The van der Waals surface area contributed by atoms with Crippen LogP contribution in [-0.4, -0.2) is 0 Å². The first-order valence-electron chi connectivity index (χ1n) is 9.27. The van der Waals surface area contributed by atoms with Crippen molar-refractivity contribution in [1.29, 1.82) is 0 Å². The van der Waals surface area contributed by atoms with E-state index in [0.717, 1.165) is 0 Å². The molecular weight excluding hydrogens is 288 g/mol. The summed E-state index contributed by atoms with van der Waals surface area (Å²) in [5.41, 5.74) is 7.91. The molecule has 0 radical (unpaired) electrons. The first kappa shape index (κ1) is 17.3. The van der Waals surface area contributed by atoms with E-state index in [9.17, 15) is 0 Å². The van der Waals surface area contributed by atoms with Crippen LogP contribution in [0.4, 0.5) is 0 Å². The maximum atomic E-state index is 2.45. The zero-order valence-electron chi connectivity index (χ0n) is 16.5. The Hall–Kier alpha value is -1.56. The van der Waals surface area contributed by atoms with E-state index in [1.165, 1.54) is 40.7 Å². The summed E-state index contributed by atoms with van der Waals surface area (Å²) in [6, 6.07) is 16.3. The molecule has 0 nitrogen and oxygen atoms in total. The topological polar surface area (TPSA) is 0 Å². The Morgan fingerprint density at radius 2 is 1.17 bits per heavy atom. The van der Waals surface area contributed by atoms with Gasteiger partial charge in [0.15, 0.2) is 0 Å². The molecule has 3 rings (SSSR count). The molecule has 0 bridgehead atoms. The van der Waals surface area contributed by atoms with E-state index in [1.54, 1.807) is 0 Å². The van der Waals surface area contributed by atoms with Crippen molar-refractivity contribution in [2.45, 2.75) is 77.6 Å². The fourth-order valence-electron chi connectivity index (χ4n) is 3.93. The second-order valence-electron chi connectivity index (χ2n) is 9.86. The standard InChI is InChI=1S/C24H32/c1-22(2,3)19-11-8-17(9-12-19)18-10-13-20-21(16-18)24(6,7)15-14-23(20,4)5/h8-13,16H,14-15H2,1-7H3. The minimum Gasteiger partial charge on any atom is -0.0579 e. The van der Waals surface area contributed by atoms with Gasteiger partial charge in [-0.25, -0.2) is 0 Å². The van der Waals surface area contributed by atoms with Crippen LogP contribution < -0.4 is 0 Å². The van der Waals surface area contributed by atoms with Crippen LogP contribution in [0, 0.1) is 0 Å². The third-order valence-electron chi connectivity index (χ3n) is 5.94. The lowest BCUT2D eigenvalue weighted by molar-refractivity contribution is 0.332. The molecule has 0 aliphatic heterocycles. The maximum absolute atomic E-state index is 2.45. The quantitative estimate of drug-likeness (QED) is 0.530. The van der Waals surface area contributed by atoms with Crippen molar-refractivity contribution >= 4 is 0 Å². The lowest BCUT2D eigenvalue weighted by atomic mass is 9.63. The van der Waals surface area contributed by atoms with Gasteiger partial charge in [0.1, 0.15) is 0 Å². The van der Waals surface area contributed by atoms with Gasteiger partial charge < -0.3 is 0 Å². The summed E-state index contributed by atoms with van der Waals surface area (Å²) in [5, 5.41) is 0. The SMILES string of the molecule is CC(C)(C)c1ccc(-c2ccc3c(c2)C(C)(C)CCC3(C)C)cc1. The summed E-state index contributed by atoms with van der Waals surface area (Å²) in [5.74, 6) is 0. The van der Waals surface area contributed by atoms with Gasteiger partial charge in [0.05, 0.1) is 0 Å². The molecule has 1 aliphatic rings. The van der Waals surface area contributed by atoms with Crippen molar-refractivity contribution in [2.75, 3.05) is 0 Å². The highest BCUT2D eigenvalue weighted by molar-refractivity contribution is 5.66. The van der Waals surface area contributed by atoms with Gasteiger partial charge in [-0.2, -0.15) is 0 Å². The summed E-state index contributed by atoms with van der Waals surface area (Å²) in [4.78, 5) is 0. The molecule has 0 atom stereocenters. The zero-order valence-corrected chi connectivity index (χ0v) is 16.5. The minimum absolute atomic E-state index is 0.209. The van der Waals surface area contributed by atoms with Crippen molar-refractivity contribution in [3.05, 3.63) is 59.2 Å². The van der Waals surface area contributed by atoms with Crippen molar-refractivity contribution < 1.29 is 0 Å². The molecule has 0 aromatic heterocycles. The summed E-state index contributed by atoms with van der Waals surface area (Å²) in [6.45, 7) is 16.4. The molecule has 0 amide bonds. The number of rotatable bonds is 1. The van der Waals surface area contributed by atoms with Gasteiger partial charge in [-0.3, -0.25) is 0 Å². The molecule has 0 heteroatoms. The van der Waals surface area contributed by atoms with Crippen LogP contribution in [0.25, 0.3) is 11.1 Å². The van der Waals surface area contributed by atoms with Crippen molar-refractivity contribution in [1.82, 2.24) is 0 Å². The molecule has 0 saturated carbocycles. The molecule has 1 aliphatic carbocycles. The van der Waals surface area contributed by atoms with Crippen LogP contribution in [0.3, 0.4) is 0 Å². The molecular formula is C24H32. The van der Waals surface area contributed by atoms with Crippen LogP contribution in [-0.2, 0) is 16.2 Å². The molecule has 24 heavy (non-hydrogen) atoms. The first-order valence-corrected chi connectivity index (χ1v) is 9.27. The van der Waals surface area contributed by atoms with Gasteiger partial charge in [0.25, 0.3) is 0 Å². The van der Waals surface area contributed by atoms with Crippen LogP contribution in [0.15, 0.2) is 42.5 Å². The predicted octanol–water partition coefficient (Wildman–Crippen LogP) is 7.00. The Kier molecular flexibility index (Phi) is 3.94. The van der Waals surface area contributed by atoms with Crippen molar-refractivity contribution in [3.8, 4) is 11.1 Å². The molecule has 0 N–H and O–H groups in total. The monoisotopic (exact) mass is 320 g/mol. The van der Waals surface area contributed by atoms with E-state index in [4.69, 9.17) is 0 Å². The summed E-state index contributed by atoms with van der Waals surface area (Å²) in [6.07, 6.45) is 2.53. The number of benzene rings is 2. The van der Waals surface area contributed by atoms with E-state index < -0.39 is 0 Å². The summed E-state index contributed by atoms with van der Waals surface area (Å²) in [7, 11) is 0. The van der Waals surface area contributed by atoms with Crippen molar-refractivity contribution in [2.24, 2.45) is 0 Å². The highest BCUT2D eigenvalue weighted by atomic mass is 14.4. The fraction of sp³-hybridized carbons (Fsp3) is 0.500. The number of hydrogen-bond acceptors (Lipinski definition) is 0. The fourth-order valence-corrected chi connectivity index (χ4v) is 3.93. The van der Waals surface area contributed by atoms with Gasteiger partial charge >= 0.3 is 0 Å². The van der Waals surface area contributed by atoms with Gasteiger partial charge in [-0.1, -0.05) is 90.9 Å². The van der Waals surface area contributed by atoms with E-state index >= 15 is 0 Å². The highest BCUT2D eigenvalue weighted by Gasteiger charge is 2.36. The molecule has 2 aromatic carbocycles. The zero-order chi connectivity index (χ0) is 17.8. The van der Waals surface area contributed by atoms with Gasteiger partial charge in [0, 0.05) is 0 Å². The van der Waals surface area contributed by atoms with Crippen LogP contribution in [0.1, 0.15) is 78.0 Å². The van der Waals surface area contributed by atoms with Crippen LogP contribution in [0.5, 0.6) is 0 Å². The molecule has 0 saturated heterocycles. The second-order valence-corrected chi connectivity index (χ2v) is 9.86. The Balaban J connectivity index is 2.05. The smallest absolute Gasteiger partial charge is 0.0100 e. The van der Waals surface area contributed by atoms with Gasteiger partial charge in [-0.15, -0.1) is 0 Å². The van der Waals surface area contributed by atoms with E-state index in [-0.39, 0.29) is 10.8 Å². The van der Waals surface area contributed by atoms with E-state index in [1.807, 2.05) is 0 Å². The minimum atomic E-state index is 0.209. The third kappa shape index (κ3) is 3.04. The van der Waals surface area contributed by atoms with Crippen LogP contribution in [0.2, 0.25) is 0 Å². The number of fused-ring (bicyclic) bond motifs is 1. The first-order chi connectivity index (χ1) is 11.0. The van der Waals surface area contributed by atoms with E-state index in [0.29, 0.717) is 5.41 Å². The van der Waals surface area contributed by atoms with Crippen LogP contribution >= 0.6 is 0 Å². The lowest BCUT2D eigenvalue weighted by Gasteiger charge is -2.42. The Labute approximate surface area is 148 Å². The van der Waals surface area contributed by atoms with Gasteiger partial charge in [-0.05, 0) is 56.9 Å². The molecule has 0 heterocycles. The molecule has 0 fully saturated rings. The average molecular weight is 321 g/mol. The third-order valence-corrected chi connectivity index (χ3v) is 5.94. The normalized spacial score (nSPS) is 19.0. The van der Waals surface area contributed by atoms with E-state index in [2.05, 4.69) is 90.9 Å². The molecule has 0 spiro atoms. The second kappa shape index (κ2) is 5.48. The average Bonchev–Trinajstić information content (AvgIpc) is 2.51. The Morgan fingerprint density at radius 1 is 0.667 bits per heavy atom. The Bertz CT molecular complexity index is 737. The molecule has 128 valence electrons. The molecule has 0 unspecified atom stereocenters. The maximum Gasteiger partial charge on any atom is -0.0100 e. The lowest BCUT2D eigenvalue weighted by Crippen LogP contribution is -2.33. The summed E-state index contributed by atoms with van der Waals surface area (Å²) < 4.78 is 0. The summed E-state index contributed by atoms with van der Waals surface area (Å²) >= 11 is 0. The highest BCUT2D eigenvalue weighted by Crippen LogP contribution is 2.46. The van der Waals surface area contributed by atoms with Gasteiger partial charge in [0.2, 0.25) is 0 Å². The predicted molar refractivity (Wildman–Crippen MR) is 106 cm³/mol. The largest absolute Gasteiger partial charge is 0.0579 e. The molecule has 2 aromatic rings. The van der Waals surface area contributed by atoms with Crippen molar-refractivity contribution in [3.63, 3.8) is 0 Å².